The van der Waals surface area contributed by atoms with Gasteiger partial charge < -0.3 is 15.0 Å². The van der Waals surface area contributed by atoms with E-state index in [4.69, 9.17) is 10.5 Å². The first-order valence-electron chi connectivity index (χ1n) is 13.2. The number of nitrogens with two attached hydrogens (primary N) is 1. The number of ether oxygens (including phenoxy) is 1. The maximum atomic E-state index is 6.40. The number of anilines is 1. The van der Waals surface area contributed by atoms with Crippen LogP contribution in [-0.4, -0.2) is 38.1 Å². The predicted molar refractivity (Wildman–Crippen MR) is 145 cm³/mol. The summed E-state index contributed by atoms with van der Waals surface area (Å²) in [5, 5.41) is 0.933. The minimum atomic E-state index is 0.450. The minimum absolute atomic E-state index is 0.450. The Kier molecular flexibility index (Phi) is 6.13. The Labute approximate surface area is 213 Å². The molecule has 2 N–H and O–H groups in total. The van der Waals surface area contributed by atoms with Gasteiger partial charge in [0.25, 0.3) is 0 Å². The zero-order chi connectivity index (χ0) is 24.6. The molecule has 0 radical (unpaired) electrons. The molecule has 4 aromatic rings. The maximum Gasteiger partial charge on any atom is 0.146 e. The van der Waals surface area contributed by atoms with E-state index in [0.29, 0.717) is 30.6 Å². The number of likely N-dealkylation sites (tertiary alicyclic amines) is 1. The van der Waals surface area contributed by atoms with Crippen molar-refractivity contribution in [1.82, 2.24) is 19.4 Å². The number of fused-ring (bicyclic) bond motifs is 1. The fraction of sp³-hybridized carbons (Fsp3) is 0.400. The molecule has 1 aliphatic carbocycles. The van der Waals surface area contributed by atoms with Crippen molar-refractivity contribution in [1.29, 1.82) is 0 Å². The van der Waals surface area contributed by atoms with Crippen molar-refractivity contribution in [3.8, 4) is 16.9 Å². The lowest BCUT2D eigenvalue weighted by Crippen LogP contribution is -2.41. The van der Waals surface area contributed by atoms with Crippen molar-refractivity contribution in [3.63, 3.8) is 0 Å². The third kappa shape index (κ3) is 4.35. The molecule has 0 bridgehead atoms. The highest BCUT2D eigenvalue weighted by atomic mass is 16.5. The van der Waals surface area contributed by atoms with E-state index in [2.05, 4.69) is 63.7 Å². The van der Waals surface area contributed by atoms with Crippen LogP contribution in [0.25, 0.3) is 22.2 Å². The number of hydrogen-bond donors (Lipinski definition) is 1. The lowest BCUT2D eigenvalue weighted by molar-refractivity contribution is 0.106. The van der Waals surface area contributed by atoms with E-state index in [1.807, 2.05) is 30.3 Å². The van der Waals surface area contributed by atoms with Gasteiger partial charge in [0.05, 0.1) is 5.39 Å². The van der Waals surface area contributed by atoms with Gasteiger partial charge in [-0.25, -0.2) is 9.97 Å². The van der Waals surface area contributed by atoms with Crippen molar-refractivity contribution in [2.24, 2.45) is 5.92 Å². The molecule has 3 heterocycles. The zero-order valence-corrected chi connectivity index (χ0v) is 21.2. The van der Waals surface area contributed by atoms with Crippen LogP contribution in [0.3, 0.4) is 0 Å². The summed E-state index contributed by atoms with van der Waals surface area (Å²) in [6.07, 6.45) is 8.84. The molecule has 2 atom stereocenters. The largest absolute Gasteiger partial charge is 0.489 e. The Morgan fingerprint density at radius 1 is 0.972 bits per heavy atom. The van der Waals surface area contributed by atoms with Gasteiger partial charge >= 0.3 is 0 Å². The maximum absolute atomic E-state index is 6.40. The van der Waals surface area contributed by atoms with Crippen LogP contribution in [0.4, 0.5) is 5.82 Å². The van der Waals surface area contributed by atoms with E-state index in [1.54, 1.807) is 6.33 Å². The zero-order valence-electron chi connectivity index (χ0n) is 21.2. The summed E-state index contributed by atoms with van der Waals surface area (Å²) in [6.45, 7) is 6.50. The SMILES string of the molecule is CC1CCC(C)N1CC1CC(n2cc(-c3cccc(OCc4ccccc4)c3)c3c(N)ncnc32)C1. The fourth-order valence-electron chi connectivity index (χ4n) is 6.08. The molecule has 2 aliphatic rings. The third-order valence-electron chi connectivity index (χ3n) is 8.24. The number of benzene rings is 2. The van der Waals surface area contributed by atoms with Gasteiger partial charge in [0.1, 0.15) is 30.1 Å². The summed E-state index contributed by atoms with van der Waals surface area (Å²) < 4.78 is 8.44. The second kappa shape index (κ2) is 9.58. The van der Waals surface area contributed by atoms with Gasteiger partial charge in [0, 0.05) is 36.4 Å². The fourth-order valence-corrected chi connectivity index (χ4v) is 6.08. The summed E-state index contributed by atoms with van der Waals surface area (Å²) >= 11 is 0. The molecule has 2 fully saturated rings. The van der Waals surface area contributed by atoms with Gasteiger partial charge in [-0.1, -0.05) is 42.5 Å². The summed E-state index contributed by atoms with van der Waals surface area (Å²) in [5.74, 6) is 2.11. The van der Waals surface area contributed by atoms with Crippen molar-refractivity contribution in [2.75, 3.05) is 12.3 Å². The Morgan fingerprint density at radius 3 is 2.53 bits per heavy atom. The molecule has 1 aliphatic heterocycles. The molecule has 1 saturated heterocycles. The van der Waals surface area contributed by atoms with E-state index in [9.17, 15) is 0 Å². The lowest BCUT2D eigenvalue weighted by atomic mass is 9.79. The second-order valence-electron chi connectivity index (χ2n) is 10.7. The van der Waals surface area contributed by atoms with Crippen LogP contribution in [0.15, 0.2) is 67.1 Å². The smallest absolute Gasteiger partial charge is 0.146 e. The quantitative estimate of drug-likeness (QED) is 0.346. The monoisotopic (exact) mass is 481 g/mol. The van der Waals surface area contributed by atoms with Crippen LogP contribution in [-0.2, 0) is 6.61 Å². The van der Waals surface area contributed by atoms with E-state index in [-0.39, 0.29) is 0 Å². The molecule has 36 heavy (non-hydrogen) atoms. The van der Waals surface area contributed by atoms with Crippen LogP contribution in [0.1, 0.15) is 51.1 Å². The topological polar surface area (TPSA) is 69.2 Å². The van der Waals surface area contributed by atoms with Crippen molar-refractivity contribution >= 4 is 16.9 Å². The molecule has 0 spiro atoms. The molecule has 6 heteroatoms. The number of nitrogens with zero attached hydrogens (tertiary/aromatic N) is 4. The average molecular weight is 482 g/mol. The average Bonchev–Trinajstić information content (AvgIpc) is 3.41. The molecule has 1 saturated carbocycles. The van der Waals surface area contributed by atoms with Crippen LogP contribution in [0.5, 0.6) is 5.75 Å². The molecule has 2 aromatic carbocycles. The molecule has 6 rings (SSSR count). The first-order chi connectivity index (χ1) is 17.6. The van der Waals surface area contributed by atoms with Crippen LogP contribution < -0.4 is 10.5 Å². The van der Waals surface area contributed by atoms with E-state index in [0.717, 1.165) is 39.4 Å². The number of rotatable bonds is 7. The Bertz CT molecular complexity index is 1330. The molecule has 0 amide bonds. The molecule has 2 aromatic heterocycles. The lowest BCUT2D eigenvalue weighted by Gasteiger charge is -2.40. The van der Waals surface area contributed by atoms with Gasteiger partial charge in [0.15, 0.2) is 0 Å². The Balaban J connectivity index is 1.24. The number of aromatic nitrogens is 3. The van der Waals surface area contributed by atoms with Crippen molar-refractivity contribution in [3.05, 3.63) is 72.7 Å². The van der Waals surface area contributed by atoms with E-state index >= 15 is 0 Å². The first kappa shape index (κ1) is 23.0. The van der Waals surface area contributed by atoms with E-state index < -0.39 is 0 Å². The van der Waals surface area contributed by atoms with Gasteiger partial charge in [-0.15, -0.1) is 0 Å². The highest BCUT2D eigenvalue weighted by Crippen LogP contribution is 2.44. The summed E-state index contributed by atoms with van der Waals surface area (Å²) in [6, 6.07) is 20.3. The van der Waals surface area contributed by atoms with Crippen LogP contribution in [0, 0.1) is 5.92 Å². The van der Waals surface area contributed by atoms with Crippen LogP contribution in [0.2, 0.25) is 0 Å². The standard InChI is InChI=1S/C30H35N5O/c1-20-11-12-21(2)34(20)16-23-13-25(14-23)35-17-27(28-29(31)32-19-33-30(28)35)24-9-6-10-26(15-24)36-18-22-7-4-3-5-8-22/h3-10,15,17,19-21,23,25H,11-14,16,18H2,1-2H3,(H2,31,32,33). The summed E-state index contributed by atoms with van der Waals surface area (Å²) in [5.41, 5.74) is 10.6. The first-order valence-corrected chi connectivity index (χ1v) is 13.2. The summed E-state index contributed by atoms with van der Waals surface area (Å²) in [4.78, 5) is 11.7. The second-order valence-corrected chi connectivity index (χ2v) is 10.7. The molecular formula is C30H35N5O. The molecule has 186 valence electrons. The van der Waals surface area contributed by atoms with Gasteiger partial charge in [-0.05, 0) is 68.7 Å². The molecular weight excluding hydrogens is 446 g/mol. The van der Waals surface area contributed by atoms with Gasteiger partial charge in [-0.2, -0.15) is 0 Å². The highest BCUT2D eigenvalue weighted by Gasteiger charge is 2.37. The Hall–Kier alpha value is -3.38. The third-order valence-corrected chi connectivity index (χ3v) is 8.24. The minimum Gasteiger partial charge on any atom is -0.489 e. The van der Waals surface area contributed by atoms with E-state index in [1.165, 1.54) is 32.2 Å². The summed E-state index contributed by atoms with van der Waals surface area (Å²) in [7, 11) is 0. The highest BCUT2D eigenvalue weighted by molar-refractivity contribution is 6.00. The van der Waals surface area contributed by atoms with Crippen molar-refractivity contribution in [2.45, 2.75) is 64.3 Å². The Morgan fingerprint density at radius 2 is 1.75 bits per heavy atom. The normalized spacial score (nSPS) is 24.2. The van der Waals surface area contributed by atoms with Gasteiger partial charge in [-0.3, -0.25) is 4.90 Å². The van der Waals surface area contributed by atoms with Crippen LogP contribution >= 0.6 is 0 Å². The van der Waals surface area contributed by atoms with Gasteiger partial charge in [0.2, 0.25) is 0 Å². The van der Waals surface area contributed by atoms with Crippen molar-refractivity contribution < 1.29 is 4.74 Å². The molecule has 2 unspecified atom stereocenters. The predicted octanol–water partition coefficient (Wildman–Crippen LogP) is 6.08. The number of hydrogen-bond acceptors (Lipinski definition) is 5. The molecule has 6 nitrogen and oxygen atoms in total. The number of nitrogen functional groups attached to an aromatic ring is 1.